The molecular weight excluding hydrogens is 298 g/mol. The number of amides is 1. The van der Waals surface area contributed by atoms with E-state index in [0.29, 0.717) is 36.4 Å². The van der Waals surface area contributed by atoms with Gasteiger partial charge in [0.05, 0.1) is 20.1 Å². The highest BCUT2D eigenvalue weighted by Crippen LogP contribution is 2.34. The van der Waals surface area contributed by atoms with Crippen molar-refractivity contribution in [1.29, 1.82) is 0 Å². The number of likely N-dealkylation sites (tertiary alicyclic amines) is 1. The van der Waals surface area contributed by atoms with Gasteiger partial charge in [0.15, 0.2) is 11.5 Å². The van der Waals surface area contributed by atoms with Gasteiger partial charge in [-0.15, -0.1) is 6.58 Å². The molecule has 1 fully saturated rings. The van der Waals surface area contributed by atoms with Crippen LogP contribution in [0.4, 0.5) is 0 Å². The van der Waals surface area contributed by atoms with Gasteiger partial charge in [-0.05, 0) is 25.0 Å². The molecule has 0 bridgehead atoms. The monoisotopic (exact) mass is 319 g/mol. The molecule has 0 aliphatic carbocycles. The number of rotatable bonds is 6. The zero-order valence-corrected chi connectivity index (χ0v) is 13.4. The Bertz CT molecular complexity index is 626. The molecular formula is C17H21NO5. The summed E-state index contributed by atoms with van der Waals surface area (Å²) in [7, 11) is 3.06. The van der Waals surface area contributed by atoms with Gasteiger partial charge in [0.1, 0.15) is 0 Å². The molecule has 2 rings (SSSR count). The van der Waals surface area contributed by atoms with Crippen molar-refractivity contribution in [2.24, 2.45) is 5.92 Å². The van der Waals surface area contributed by atoms with E-state index in [1.165, 1.54) is 7.11 Å². The maximum atomic E-state index is 12.7. The van der Waals surface area contributed by atoms with Gasteiger partial charge in [0, 0.05) is 24.2 Å². The van der Waals surface area contributed by atoms with Crippen molar-refractivity contribution < 1.29 is 24.2 Å². The topological polar surface area (TPSA) is 76.1 Å². The number of ether oxygens (including phenoxy) is 2. The van der Waals surface area contributed by atoms with Gasteiger partial charge >= 0.3 is 5.97 Å². The molecule has 1 aromatic carbocycles. The number of carboxylic acids is 1. The summed E-state index contributed by atoms with van der Waals surface area (Å²) in [5, 5.41) is 9.06. The molecule has 124 valence electrons. The fourth-order valence-electron chi connectivity index (χ4n) is 2.80. The molecule has 1 heterocycles. The van der Waals surface area contributed by atoms with Gasteiger partial charge in [0.2, 0.25) is 0 Å². The number of hydrogen-bond acceptors (Lipinski definition) is 4. The van der Waals surface area contributed by atoms with Gasteiger partial charge in [-0.25, -0.2) is 0 Å². The highest BCUT2D eigenvalue weighted by molar-refractivity contribution is 5.96. The smallest absolute Gasteiger partial charge is 0.308 e. The van der Waals surface area contributed by atoms with E-state index in [0.717, 1.165) is 5.56 Å². The molecule has 1 saturated heterocycles. The molecule has 0 aromatic heterocycles. The SMILES string of the molecule is C=CCc1cc(C(=O)N2CCC(C(=O)O)C2)cc(OC)c1OC. The number of allylic oxidation sites excluding steroid dienone is 1. The van der Waals surface area contributed by atoms with E-state index in [-0.39, 0.29) is 12.5 Å². The van der Waals surface area contributed by atoms with E-state index < -0.39 is 11.9 Å². The predicted molar refractivity (Wildman–Crippen MR) is 85.1 cm³/mol. The number of nitrogens with zero attached hydrogens (tertiary/aromatic N) is 1. The predicted octanol–water partition coefficient (Wildman–Crippen LogP) is 1.98. The third-order valence-corrected chi connectivity index (χ3v) is 3.99. The number of carbonyl (C=O) groups excluding carboxylic acids is 1. The molecule has 1 atom stereocenters. The highest BCUT2D eigenvalue weighted by Gasteiger charge is 2.31. The third-order valence-electron chi connectivity index (χ3n) is 3.99. The first-order valence-electron chi connectivity index (χ1n) is 7.39. The average Bonchev–Trinajstić information content (AvgIpc) is 3.03. The molecule has 1 unspecified atom stereocenters. The normalized spacial score (nSPS) is 17.0. The van der Waals surface area contributed by atoms with Crippen molar-refractivity contribution in [3.05, 3.63) is 35.9 Å². The average molecular weight is 319 g/mol. The van der Waals surface area contributed by atoms with E-state index in [1.54, 1.807) is 30.2 Å². The molecule has 1 aliphatic heterocycles. The Balaban J connectivity index is 2.31. The van der Waals surface area contributed by atoms with Crippen LogP contribution in [-0.2, 0) is 11.2 Å². The number of methoxy groups -OCH3 is 2. The first kappa shape index (κ1) is 16.9. The minimum absolute atomic E-state index is 0.194. The van der Waals surface area contributed by atoms with Crippen LogP contribution in [0.1, 0.15) is 22.3 Å². The first-order valence-corrected chi connectivity index (χ1v) is 7.39. The second-order valence-electron chi connectivity index (χ2n) is 5.44. The van der Waals surface area contributed by atoms with Crippen LogP contribution in [0.5, 0.6) is 11.5 Å². The van der Waals surface area contributed by atoms with Gasteiger partial charge in [0.25, 0.3) is 5.91 Å². The highest BCUT2D eigenvalue weighted by atomic mass is 16.5. The molecule has 23 heavy (non-hydrogen) atoms. The first-order chi connectivity index (χ1) is 11.0. The minimum Gasteiger partial charge on any atom is -0.493 e. The standard InChI is InChI=1S/C17H21NO5/c1-4-5-11-8-13(9-14(22-2)15(11)23-3)16(19)18-7-6-12(10-18)17(20)21/h4,8-9,12H,1,5-7,10H2,2-3H3,(H,20,21). The molecule has 1 amide bonds. The van der Waals surface area contributed by atoms with Crippen LogP contribution >= 0.6 is 0 Å². The number of hydrogen-bond donors (Lipinski definition) is 1. The zero-order chi connectivity index (χ0) is 17.0. The van der Waals surface area contributed by atoms with Crippen molar-refractivity contribution in [1.82, 2.24) is 4.90 Å². The van der Waals surface area contributed by atoms with Crippen LogP contribution in [0.15, 0.2) is 24.8 Å². The molecule has 0 spiro atoms. The Labute approximate surface area is 135 Å². The van der Waals surface area contributed by atoms with Crippen LogP contribution < -0.4 is 9.47 Å². The second kappa shape index (κ2) is 7.17. The molecule has 0 saturated carbocycles. The Morgan fingerprint density at radius 1 is 1.39 bits per heavy atom. The second-order valence-corrected chi connectivity index (χ2v) is 5.44. The largest absolute Gasteiger partial charge is 0.493 e. The molecule has 6 heteroatoms. The lowest BCUT2D eigenvalue weighted by atomic mass is 10.0. The third kappa shape index (κ3) is 3.47. The van der Waals surface area contributed by atoms with Crippen LogP contribution in [0.2, 0.25) is 0 Å². The fourth-order valence-corrected chi connectivity index (χ4v) is 2.80. The maximum Gasteiger partial charge on any atom is 0.308 e. The fraction of sp³-hybridized carbons (Fsp3) is 0.412. The summed E-state index contributed by atoms with van der Waals surface area (Å²) in [5.41, 5.74) is 1.27. The summed E-state index contributed by atoms with van der Waals surface area (Å²) < 4.78 is 10.7. The Hall–Kier alpha value is -2.50. The van der Waals surface area contributed by atoms with E-state index >= 15 is 0 Å². The lowest BCUT2D eigenvalue weighted by Gasteiger charge is -2.19. The van der Waals surface area contributed by atoms with E-state index in [1.807, 2.05) is 0 Å². The number of benzene rings is 1. The van der Waals surface area contributed by atoms with Crippen molar-refractivity contribution in [3.63, 3.8) is 0 Å². The summed E-state index contributed by atoms with van der Waals surface area (Å²) in [4.78, 5) is 25.3. The summed E-state index contributed by atoms with van der Waals surface area (Å²) >= 11 is 0. The van der Waals surface area contributed by atoms with Crippen LogP contribution in [-0.4, -0.2) is 49.2 Å². The summed E-state index contributed by atoms with van der Waals surface area (Å²) in [6.07, 6.45) is 2.74. The quantitative estimate of drug-likeness (QED) is 0.811. The summed E-state index contributed by atoms with van der Waals surface area (Å²) in [5.74, 6) is -0.496. The molecule has 6 nitrogen and oxygen atoms in total. The summed E-state index contributed by atoms with van der Waals surface area (Å²) in [6.45, 7) is 4.39. The van der Waals surface area contributed by atoms with Gasteiger partial charge in [-0.3, -0.25) is 9.59 Å². The van der Waals surface area contributed by atoms with Crippen molar-refractivity contribution in [3.8, 4) is 11.5 Å². The lowest BCUT2D eigenvalue weighted by molar-refractivity contribution is -0.141. The summed E-state index contributed by atoms with van der Waals surface area (Å²) in [6, 6.07) is 3.38. The van der Waals surface area contributed by atoms with E-state index in [2.05, 4.69) is 6.58 Å². The Morgan fingerprint density at radius 2 is 2.13 bits per heavy atom. The van der Waals surface area contributed by atoms with Crippen LogP contribution in [0, 0.1) is 5.92 Å². The lowest BCUT2D eigenvalue weighted by Crippen LogP contribution is -2.30. The zero-order valence-electron chi connectivity index (χ0n) is 13.4. The van der Waals surface area contributed by atoms with Crippen LogP contribution in [0.3, 0.4) is 0 Å². The Kier molecular flexibility index (Phi) is 5.26. The van der Waals surface area contributed by atoms with Gasteiger partial charge < -0.3 is 19.5 Å². The van der Waals surface area contributed by atoms with Gasteiger partial charge in [-0.1, -0.05) is 6.08 Å². The van der Waals surface area contributed by atoms with Crippen LogP contribution in [0.25, 0.3) is 0 Å². The van der Waals surface area contributed by atoms with Crippen molar-refractivity contribution in [2.75, 3.05) is 27.3 Å². The van der Waals surface area contributed by atoms with Crippen molar-refractivity contribution in [2.45, 2.75) is 12.8 Å². The molecule has 1 aromatic rings. The van der Waals surface area contributed by atoms with E-state index in [9.17, 15) is 9.59 Å². The number of aliphatic carboxylic acids is 1. The molecule has 0 radical (unpaired) electrons. The maximum absolute atomic E-state index is 12.7. The molecule has 1 aliphatic rings. The van der Waals surface area contributed by atoms with Crippen molar-refractivity contribution >= 4 is 11.9 Å². The number of carbonyl (C=O) groups is 2. The van der Waals surface area contributed by atoms with Gasteiger partial charge in [-0.2, -0.15) is 0 Å². The van der Waals surface area contributed by atoms with E-state index in [4.69, 9.17) is 14.6 Å². The Morgan fingerprint density at radius 3 is 2.65 bits per heavy atom. The minimum atomic E-state index is -0.861. The number of carboxylic acid groups (broad SMARTS) is 1. The molecule has 1 N–H and O–H groups in total.